The molecule has 2 aliphatic rings. The summed E-state index contributed by atoms with van der Waals surface area (Å²) in [7, 11) is 0. The van der Waals surface area contributed by atoms with E-state index >= 15 is 0 Å². The van der Waals surface area contributed by atoms with Gasteiger partial charge < -0.3 is 4.74 Å². The number of halogens is 2. The number of carbonyl (C=O) groups is 1. The highest BCUT2D eigenvalue weighted by Crippen LogP contribution is 2.32. The summed E-state index contributed by atoms with van der Waals surface area (Å²) < 4.78 is 33.7. The van der Waals surface area contributed by atoms with E-state index in [1.54, 1.807) is 12.1 Å². The Morgan fingerprint density at radius 1 is 1.21 bits per heavy atom. The molecule has 1 aliphatic heterocycles. The van der Waals surface area contributed by atoms with Crippen LogP contribution in [0.4, 0.5) is 8.78 Å². The Balaban J connectivity index is 1.24. The Labute approximate surface area is 201 Å². The molecule has 34 heavy (non-hydrogen) atoms. The lowest BCUT2D eigenvalue weighted by Gasteiger charge is -2.27. The molecule has 4 rings (SSSR count). The van der Waals surface area contributed by atoms with E-state index in [1.807, 2.05) is 0 Å². The normalized spacial score (nSPS) is 19.7. The van der Waals surface area contributed by atoms with E-state index in [4.69, 9.17) is 9.72 Å². The van der Waals surface area contributed by atoms with Gasteiger partial charge in [0.15, 0.2) is 5.78 Å². The van der Waals surface area contributed by atoms with Gasteiger partial charge in [0.2, 0.25) is 0 Å². The number of alkyl halides is 2. The SMILES string of the molecule is CC(=O)[C@@H](c1cccc(C(C)(F)F)c1)N1CC[C@@H](OCCCCc2ccc3c(n2)CCCC3)C1. The lowest BCUT2D eigenvalue weighted by atomic mass is 9.95. The first kappa shape index (κ1) is 24.9. The van der Waals surface area contributed by atoms with Crippen LogP contribution in [0.15, 0.2) is 36.4 Å². The van der Waals surface area contributed by atoms with Crippen molar-refractivity contribution in [2.24, 2.45) is 0 Å². The van der Waals surface area contributed by atoms with Crippen LogP contribution in [-0.4, -0.2) is 41.5 Å². The van der Waals surface area contributed by atoms with Gasteiger partial charge in [0.1, 0.15) is 0 Å². The molecule has 4 nitrogen and oxygen atoms in total. The lowest BCUT2D eigenvalue weighted by molar-refractivity contribution is -0.122. The van der Waals surface area contributed by atoms with Gasteiger partial charge in [-0.2, -0.15) is 0 Å². The number of ketones is 1. The highest BCUT2D eigenvalue weighted by molar-refractivity contribution is 5.83. The Morgan fingerprint density at radius 2 is 2.03 bits per heavy atom. The monoisotopic (exact) mass is 470 g/mol. The fraction of sp³-hybridized carbons (Fsp3) is 0.571. The molecule has 0 spiro atoms. The van der Waals surface area contributed by atoms with E-state index in [-0.39, 0.29) is 17.5 Å². The van der Waals surface area contributed by atoms with E-state index in [2.05, 4.69) is 17.0 Å². The largest absolute Gasteiger partial charge is 0.377 e. The van der Waals surface area contributed by atoms with Gasteiger partial charge in [-0.1, -0.05) is 24.3 Å². The van der Waals surface area contributed by atoms with Crippen LogP contribution in [-0.2, 0) is 34.7 Å². The van der Waals surface area contributed by atoms with Crippen LogP contribution >= 0.6 is 0 Å². The smallest absolute Gasteiger partial charge is 0.270 e. The number of likely N-dealkylation sites (tertiary alicyclic amines) is 1. The third-order valence-electron chi connectivity index (χ3n) is 7.05. The summed E-state index contributed by atoms with van der Waals surface area (Å²) in [4.78, 5) is 19.4. The molecule has 0 saturated carbocycles. The van der Waals surface area contributed by atoms with E-state index in [9.17, 15) is 13.6 Å². The zero-order valence-electron chi connectivity index (χ0n) is 20.4. The summed E-state index contributed by atoms with van der Waals surface area (Å²) in [6.45, 7) is 4.47. The van der Waals surface area contributed by atoms with Gasteiger partial charge in [-0.05, 0) is 81.5 Å². The average Bonchev–Trinajstić information content (AvgIpc) is 3.26. The third kappa shape index (κ3) is 6.28. The van der Waals surface area contributed by atoms with Crippen molar-refractivity contribution in [2.75, 3.05) is 19.7 Å². The van der Waals surface area contributed by atoms with Crippen molar-refractivity contribution in [1.82, 2.24) is 9.88 Å². The number of hydrogen-bond donors (Lipinski definition) is 0. The highest BCUT2D eigenvalue weighted by Gasteiger charge is 2.33. The molecule has 0 amide bonds. The number of benzene rings is 1. The molecular weight excluding hydrogens is 434 g/mol. The number of aryl methyl sites for hydroxylation is 3. The second-order valence-electron chi connectivity index (χ2n) is 9.88. The molecule has 1 fully saturated rings. The van der Waals surface area contributed by atoms with Crippen LogP contribution in [0, 0.1) is 0 Å². The number of ether oxygens (including phenoxy) is 1. The molecule has 2 heterocycles. The Bertz CT molecular complexity index is 989. The molecule has 6 heteroatoms. The van der Waals surface area contributed by atoms with Crippen LogP contribution in [0.2, 0.25) is 0 Å². The molecule has 2 atom stereocenters. The molecule has 0 unspecified atom stereocenters. The number of aromatic nitrogens is 1. The molecule has 1 aliphatic carbocycles. The van der Waals surface area contributed by atoms with Crippen molar-refractivity contribution in [3.8, 4) is 0 Å². The average molecular weight is 471 g/mol. The van der Waals surface area contributed by atoms with Crippen molar-refractivity contribution >= 4 is 5.78 Å². The molecule has 1 aromatic carbocycles. The van der Waals surface area contributed by atoms with Crippen LogP contribution in [0.25, 0.3) is 0 Å². The number of fused-ring (bicyclic) bond motifs is 1. The first-order valence-electron chi connectivity index (χ1n) is 12.6. The molecule has 184 valence electrons. The zero-order valence-corrected chi connectivity index (χ0v) is 20.4. The third-order valence-corrected chi connectivity index (χ3v) is 7.05. The van der Waals surface area contributed by atoms with E-state index in [0.717, 1.165) is 52.0 Å². The van der Waals surface area contributed by atoms with Crippen molar-refractivity contribution in [2.45, 2.75) is 83.3 Å². The van der Waals surface area contributed by atoms with E-state index in [1.165, 1.54) is 48.8 Å². The van der Waals surface area contributed by atoms with Crippen LogP contribution in [0.5, 0.6) is 0 Å². The predicted molar refractivity (Wildman–Crippen MR) is 129 cm³/mol. The van der Waals surface area contributed by atoms with Crippen molar-refractivity contribution < 1.29 is 18.3 Å². The minimum atomic E-state index is -2.93. The number of carbonyl (C=O) groups excluding carboxylic acids is 1. The minimum absolute atomic E-state index is 0.0326. The van der Waals surface area contributed by atoms with Crippen molar-refractivity contribution in [3.05, 3.63) is 64.5 Å². The summed E-state index contributed by atoms with van der Waals surface area (Å²) in [6, 6.07) is 10.2. The van der Waals surface area contributed by atoms with Gasteiger partial charge in [-0.25, -0.2) is 8.78 Å². The Kier molecular flexibility index (Phi) is 8.10. The summed E-state index contributed by atoms with van der Waals surface area (Å²) in [5, 5.41) is 0. The summed E-state index contributed by atoms with van der Waals surface area (Å²) >= 11 is 0. The second kappa shape index (κ2) is 11.0. The maximum absolute atomic E-state index is 13.8. The Morgan fingerprint density at radius 3 is 2.82 bits per heavy atom. The maximum atomic E-state index is 13.8. The lowest BCUT2D eigenvalue weighted by Crippen LogP contribution is -2.32. The van der Waals surface area contributed by atoms with Gasteiger partial charge in [-0.15, -0.1) is 0 Å². The summed E-state index contributed by atoms with van der Waals surface area (Å²) in [5.41, 5.74) is 4.46. The Hall–Kier alpha value is -2.18. The fourth-order valence-electron chi connectivity index (χ4n) is 5.23. The number of hydrogen-bond acceptors (Lipinski definition) is 4. The molecule has 1 aromatic heterocycles. The first-order chi connectivity index (χ1) is 16.3. The number of Topliss-reactive ketones (excluding diaryl/α,β-unsaturated/α-hetero) is 1. The van der Waals surface area contributed by atoms with E-state index in [0.29, 0.717) is 18.7 Å². The number of unbranched alkanes of at least 4 members (excludes halogenated alkanes) is 1. The summed E-state index contributed by atoms with van der Waals surface area (Å²) in [5.74, 6) is -2.96. The van der Waals surface area contributed by atoms with Gasteiger partial charge in [0.25, 0.3) is 5.92 Å². The van der Waals surface area contributed by atoms with Crippen LogP contribution in [0.3, 0.4) is 0 Å². The molecule has 0 bridgehead atoms. The van der Waals surface area contributed by atoms with Crippen molar-refractivity contribution in [3.63, 3.8) is 0 Å². The van der Waals surface area contributed by atoms with Crippen molar-refractivity contribution in [1.29, 1.82) is 0 Å². The summed E-state index contributed by atoms with van der Waals surface area (Å²) in [6.07, 6.45) is 8.69. The molecule has 0 radical (unpaired) electrons. The number of rotatable bonds is 10. The van der Waals surface area contributed by atoms with Crippen LogP contribution < -0.4 is 0 Å². The second-order valence-corrected chi connectivity index (χ2v) is 9.88. The quantitative estimate of drug-likeness (QED) is 0.411. The number of nitrogens with zero attached hydrogens (tertiary/aromatic N) is 2. The molecule has 2 aromatic rings. The molecule has 0 N–H and O–H groups in total. The fourth-order valence-corrected chi connectivity index (χ4v) is 5.23. The topological polar surface area (TPSA) is 42.4 Å². The highest BCUT2D eigenvalue weighted by atomic mass is 19.3. The first-order valence-corrected chi connectivity index (χ1v) is 12.6. The molecule has 1 saturated heterocycles. The standard InChI is InChI=1S/C28H36F2N2O2/c1-20(33)27(22-9-7-10-23(18-22)28(2,29)30)32-16-15-25(19-32)34-17-6-5-11-24-14-13-21-8-3-4-12-26(21)31-24/h7,9-10,13-14,18,25,27H,3-6,8,11-12,15-17,19H2,1-2H3/t25-,27+/m1/s1. The predicted octanol–water partition coefficient (Wildman–Crippen LogP) is 5.82. The van der Waals surface area contributed by atoms with Gasteiger partial charge in [-0.3, -0.25) is 14.7 Å². The maximum Gasteiger partial charge on any atom is 0.270 e. The van der Waals surface area contributed by atoms with Gasteiger partial charge in [0.05, 0.1) is 12.1 Å². The zero-order chi connectivity index (χ0) is 24.1. The van der Waals surface area contributed by atoms with Crippen LogP contribution in [0.1, 0.15) is 80.1 Å². The van der Waals surface area contributed by atoms with E-state index < -0.39 is 12.0 Å². The molecular formula is C28H36F2N2O2. The van der Waals surface area contributed by atoms with Gasteiger partial charge >= 0.3 is 0 Å². The minimum Gasteiger partial charge on any atom is -0.377 e. The van der Waals surface area contributed by atoms with Gasteiger partial charge in [0, 0.05) is 43.6 Å². The number of pyridine rings is 1.